The highest BCUT2D eigenvalue weighted by molar-refractivity contribution is 5.86. The van der Waals surface area contributed by atoms with E-state index >= 15 is 0 Å². The van der Waals surface area contributed by atoms with E-state index in [-0.39, 0.29) is 19.2 Å². The van der Waals surface area contributed by atoms with E-state index in [0.717, 1.165) is 12.1 Å². The molecule has 2 N–H and O–H groups in total. The number of hydrogen-bond donors (Lipinski definition) is 2. The molecule has 2 aliphatic rings. The molecule has 2 saturated heterocycles. The number of amides is 2. The Bertz CT molecular complexity index is 718. The topological polar surface area (TPSA) is 82.1 Å². The van der Waals surface area contributed by atoms with Crippen LogP contribution in [0.25, 0.3) is 0 Å². The molecule has 0 unspecified atom stereocenters. The second-order valence-corrected chi connectivity index (χ2v) is 6.89. The molecule has 9 heteroatoms. The van der Waals surface area contributed by atoms with Gasteiger partial charge in [0.15, 0.2) is 17.2 Å². The van der Waals surface area contributed by atoms with Crippen LogP contribution in [0.2, 0.25) is 0 Å². The van der Waals surface area contributed by atoms with Crippen molar-refractivity contribution in [1.82, 2.24) is 15.1 Å². The summed E-state index contributed by atoms with van der Waals surface area (Å²) in [6.07, 6.45) is 0.562. The van der Waals surface area contributed by atoms with Crippen molar-refractivity contribution in [3.63, 3.8) is 0 Å². The number of ether oxygens (including phenoxy) is 1. The molecule has 0 aromatic heterocycles. The van der Waals surface area contributed by atoms with Gasteiger partial charge in [0.2, 0.25) is 0 Å². The molecular weight excluding hydrogens is 360 g/mol. The Morgan fingerprint density at radius 1 is 1.19 bits per heavy atom. The Morgan fingerprint density at radius 2 is 2.00 bits per heavy atom. The summed E-state index contributed by atoms with van der Waals surface area (Å²) in [4.78, 5) is 27.1. The minimum atomic E-state index is -1.55. The van der Waals surface area contributed by atoms with Crippen molar-refractivity contribution in [3.05, 3.63) is 35.4 Å². The molecule has 1 atom stereocenters. The predicted octanol–water partition coefficient (Wildman–Crippen LogP) is 0.860. The van der Waals surface area contributed by atoms with Gasteiger partial charge in [0, 0.05) is 32.7 Å². The Balaban J connectivity index is 1.52. The number of nitrogens with one attached hydrogen (secondary N) is 1. The second-order valence-electron chi connectivity index (χ2n) is 6.89. The van der Waals surface area contributed by atoms with Gasteiger partial charge >= 0.3 is 6.09 Å². The first-order chi connectivity index (χ1) is 12.9. The van der Waals surface area contributed by atoms with Crippen LogP contribution in [0.5, 0.6) is 0 Å². The van der Waals surface area contributed by atoms with Crippen LogP contribution in [0.3, 0.4) is 0 Å². The molecule has 0 saturated carbocycles. The summed E-state index contributed by atoms with van der Waals surface area (Å²) in [5, 5.41) is 13.8. The van der Waals surface area contributed by atoms with Crippen molar-refractivity contribution in [2.75, 3.05) is 39.3 Å². The van der Waals surface area contributed by atoms with E-state index in [9.17, 15) is 23.5 Å². The van der Waals surface area contributed by atoms with E-state index in [2.05, 4.69) is 5.32 Å². The molecule has 0 bridgehead atoms. The molecule has 0 aliphatic carbocycles. The zero-order chi connectivity index (χ0) is 19.4. The Labute approximate surface area is 155 Å². The van der Waals surface area contributed by atoms with Gasteiger partial charge in [-0.05, 0) is 30.5 Å². The van der Waals surface area contributed by atoms with E-state index in [1.54, 1.807) is 4.90 Å². The smallest absolute Gasteiger partial charge is 0.409 e. The van der Waals surface area contributed by atoms with Gasteiger partial charge in [0.1, 0.15) is 6.61 Å². The highest BCUT2D eigenvalue weighted by Crippen LogP contribution is 2.24. The summed E-state index contributed by atoms with van der Waals surface area (Å²) in [5.41, 5.74) is -1.09. The van der Waals surface area contributed by atoms with Crippen LogP contribution in [-0.4, -0.2) is 71.8 Å². The van der Waals surface area contributed by atoms with Crippen LogP contribution in [0, 0.1) is 11.6 Å². The summed E-state index contributed by atoms with van der Waals surface area (Å²) in [5.74, 6) is -2.34. The number of carbonyl (C=O) groups is 2. The van der Waals surface area contributed by atoms with Gasteiger partial charge in [-0.25, -0.2) is 13.6 Å². The number of cyclic esters (lactones) is 1. The second kappa shape index (κ2) is 8.18. The lowest BCUT2D eigenvalue weighted by Crippen LogP contribution is -2.58. The number of aliphatic hydroxyl groups is 1. The van der Waals surface area contributed by atoms with Crippen LogP contribution in [0.4, 0.5) is 13.6 Å². The fourth-order valence-corrected chi connectivity index (χ4v) is 3.38. The quantitative estimate of drug-likeness (QED) is 0.683. The van der Waals surface area contributed by atoms with Crippen molar-refractivity contribution >= 4 is 12.0 Å². The average Bonchev–Trinajstić information content (AvgIpc) is 3.04. The number of benzene rings is 1. The molecule has 148 valence electrons. The van der Waals surface area contributed by atoms with Gasteiger partial charge < -0.3 is 25.0 Å². The lowest BCUT2D eigenvalue weighted by Gasteiger charge is -2.38. The third-order valence-electron chi connectivity index (χ3n) is 4.88. The van der Waals surface area contributed by atoms with Crippen LogP contribution in [0.15, 0.2) is 18.2 Å². The first kappa shape index (κ1) is 19.5. The van der Waals surface area contributed by atoms with E-state index in [1.807, 2.05) is 0 Å². The number of nitrogens with zero attached hydrogens (tertiary/aromatic N) is 2. The summed E-state index contributed by atoms with van der Waals surface area (Å²) in [6.45, 7) is 2.38. The maximum atomic E-state index is 13.4. The van der Waals surface area contributed by atoms with Crippen LogP contribution in [-0.2, 0) is 16.1 Å². The number of rotatable bonds is 7. The normalized spacial score (nSPS) is 23.1. The highest BCUT2D eigenvalue weighted by Gasteiger charge is 2.41. The standard InChI is InChI=1S/C18H23F2N3O4/c19-14-3-2-13(10-15(14)20)11-23-6-1-4-18(26,16(23)24)12-21-5-7-22-8-9-27-17(22)25/h2-3,10,21,26H,1,4-9,11-12H2/t18-/m1/s1. The zero-order valence-corrected chi connectivity index (χ0v) is 14.9. The van der Waals surface area contributed by atoms with E-state index < -0.39 is 23.1 Å². The minimum Gasteiger partial charge on any atom is -0.448 e. The Kier molecular flexibility index (Phi) is 5.91. The van der Waals surface area contributed by atoms with Gasteiger partial charge in [-0.1, -0.05) is 6.07 Å². The monoisotopic (exact) mass is 383 g/mol. The molecule has 2 amide bonds. The first-order valence-corrected chi connectivity index (χ1v) is 8.97. The number of piperidine rings is 1. The fraction of sp³-hybridized carbons (Fsp3) is 0.556. The fourth-order valence-electron chi connectivity index (χ4n) is 3.38. The molecule has 3 rings (SSSR count). The predicted molar refractivity (Wildman–Crippen MR) is 91.7 cm³/mol. The molecule has 0 radical (unpaired) electrons. The molecule has 0 spiro atoms. The third-order valence-corrected chi connectivity index (χ3v) is 4.88. The molecule has 1 aromatic rings. The van der Waals surface area contributed by atoms with E-state index in [1.165, 1.54) is 11.0 Å². The van der Waals surface area contributed by atoms with Crippen molar-refractivity contribution < 1.29 is 28.2 Å². The molecule has 1 aromatic carbocycles. The summed E-state index contributed by atoms with van der Waals surface area (Å²) in [7, 11) is 0. The molecular formula is C18H23F2N3O4. The maximum absolute atomic E-state index is 13.4. The van der Waals surface area contributed by atoms with Crippen molar-refractivity contribution in [1.29, 1.82) is 0 Å². The number of halogens is 2. The summed E-state index contributed by atoms with van der Waals surface area (Å²) < 4.78 is 31.3. The van der Waals surface area contributed by atoms with Crippen LogP contribution in [0.1, 0.15) is 18.4 Å². The average molecular weight is 383 g/mol. The summed E-state index contributed by atoms with van der Waals surface area (Å²) >= 11 is 0. The van der Waals surface area contributed by atoms with Crippen LogP contribution >= 0.6 is 0 Å². The van der Waals surface area contributed by atoms with E-state index in [4.69, 9.17) is 4.74 Å². The Hall–Kier alpha value is -2.26. The van der Waals surface area contributed by atoms with Crippen molar-refractivity contribution in [3.8, 4) is 0 Å². The number of hydrogen-bond acceptors (Lipinski definition) is 5. The SMILES string of the molecule is O=C1OCCN1CCNC[C@]1(O)CCCN(Cc2ccc(F)c(F)c2)C1=O. The third kappa shape index (κ3) is 4.54. The van der Waals surface area contributed by atoms with Gasteiger partial charge in [0.25, 0.3) is 5.91 Å². The van der Waals surface area contributed by atoms with Crippen LogP contribution < -0.4 is 5.32 Å². The lowest BCUT2D eigenvalue weighted by atomic mass is 9.91. The van der Waals surface area contributed by atoms with Crippen molar-refractivity contribution in [2.24, 2.45) is 0 Å². The highest BCUT2D eigenvalue weighted by atomic mass is 19.2. The van der Waals surface area contributed by atoms with Gasteiger partial charge in [-0.3, -0.25) is 4.79 Å². The Morgan fingerprint density at radius 3 is 2.70 bits per heavy atom. The van der Waals surface area contributed by atoms with E-state index in [0.29, 0.717) is 51.2 Å². The van der Waals surface area contributed by atoms with Crippen molar-refractivity contribution in [2.45, 2.75) is 25.0 Å². The molecule has 7 nitrogen and oxygen atoms in total. The lowest BCUT2D eigenvalue weighted by molar-refractivity contribution is -0.157. The molecule has 27 heavy (non-hydrogen) atoms. The van der Waals surface area contributed by atoms with Gasteiger partial charge in [-0.15, -0.1) is 0 Å². The number of likely N-dealkylation sites (tertiary alicyclic amines) is 1. The largest absolute Gasteiger partial charge is 0.448 e. The minimum absolute atomic E-state index is 0.0585. The van der Waals surface area contributed by atoms with Gasteiger partial charge in [-0.2, -0.15) is 0 Å². The molecule has 2 heterocycles. The molecule has 2 aliphatic heterocycles. The maximum Gasteiger partial charge on any atom is 0.409 e. The molecule has 2 fully saturated rings. The zero-order valence-electron chi connectivity index (χ0n) is 14.9. The number of carbonyl (C=O) groups excluding carboxylic acids is 2. The first-order valence-electron chi connectivity index (χ1n) is 8.97. The van der Waals surface area contributed by atoms with Gasteiger partial charge in [0.05, 0.1) is 6.54 Å². The summed E-state index contributed by atoms with van der Waals surface area (Å²) in [6, 6.07) is 3.51.